The summed E-state index contributed by atoms with van der Waals surface area (Å²) in [5.74, 6) is -0.138. The van der Waals surface area contributed by atoms with Crippen LogP contribution >= 0.6 is 24.8 Å². The molecule has 0 spiro atoms. The quantitative estimate of drug-likeness (QED) is 0.844. The van der Waals surface area contributed by atoms with Crippen molar-refractivity contribution < 1.29 is 9.18 Å². The van der Waals surface area contributed by atoms with Gasteiger partial charge in [-0.3, -0.25) is 4.79 Å². The number of amides is 1. The van der Waals surface area contributed by atoms with E-state index in [1.807, 2.05) is 34.1 Å². The SMILES string of the molecule is Cl.Cl.O=C(c1ccc2c(c1)CNC2)N1CCN(c2ccccc2F)CC1. The number of hydrogen-bond acceptors (Lipinski definition) is 3. The predicted molar refractivity (Wildman–Crippen MR) is 106 cm³/mol. The smallest absolute Gasteiger partial charge is 0.253 e. The van der Waals surface area contributed by atoms with Crippen LogP contribution in [0.25, 0.3) is 0 Å². The molecule has 1 saturated heterocycles. The van der Waals surface area contributed by atoms with Gasteiger partial charge in [0.05, 0.1) is 5.69 Å². The van der Waals surface area contributed by atoms with Gasteiger partial charge in [0.25, 0.3) is 5.91 Å². The molecule has 2 aliphatic heterocycles. The third kappa shape index (κ3) is 3.95. The van der Waals surface area contributed by atoms with Crippen LogP contribution in [0.15, 0.2) is 42.5 Å². The van der Waals surface area contributed by atoms with Gasteiger partial charge in [-0.05, 0) is 35.4 Å². The van der Waals surface area contributed by atoms with E-state index < -0.39 is 0 Å². The van der Waals surface area contributed by atoms with Crippen LogP contribution in [0.1, 0.15) is 21.5 Å². The molecule has 140 valence electrons. The molecule has 2 aromatic carbocycles. The third-order valence-corrected chi connectivity index (χ3v) is 4.84. The van der Waals surface area contributed by atoms with E-state index in [1.165, 1.54) is 17.2 Å². The molecule has 0 saturated carbocycles. The van der Waals surface area contributed by atoms with Crippen molar-refractivity contribution in [1.82, 2.24) is 10.2 Å². The van der Waals surface area contributed by atoms with Crippen molar-refractivity contribution in [3.63, 3.8) is 0 Å². The molecule has 0 unspecified atom stereocenters. The van der Waals surface area contributed by atoms with E-state index in [4.69, 9.17) is 0 Å². The fraction of sp³-hybridized carbons (Fsp3) is 0.316. The highest BCUT2D eigenvalue weighted by Crippen LogP contribution is 2.22. The van der Waals surface area contributed by atoms with Gasteiger partial charge in [0.2, 0.25) is 0 Å². The Morgan fingerprint density at radius 1 is 0.923 bits per heavy atom. The Bertz CT molecular complexity index is 779. The van der Waals surface area contributed by atoms with Crippen molar-refractivity contribution in [3.05, 3.63) is 65.0 Å². The van der Waals surface area contributed by atoms with Gasteiger partial charge in [-0.1, -0.05) is 18.2 Å². The minimum Gasteiger partial charge on any atom is -0.366 e. The summed E-state index contributed by atoms with van der Waals surface area (Å²) in [6, 6.07) is 12.8. The number of anilines is 1. The number of benzene rings is 2. The zero-order valence-corrected chi connectivity index (χ0v) is 15.9. The van der Waals surface area contributed by atoms with Crippen LogP contribution in [-0.2, 0) is 13.1 Å². The Morgan fingerprint density at radius 3 is 2.35 bits per heavy atom. The Hall–Kier alpha value is -1.82. The number of fused-ring (bicyclic) bond motifs is 1. The molecule has 7 heteroatoms. The highest BCUT2D eigenvalue weighted by molar-refractivity contribution is 5.94. The number of piperazine rings is 1. The molecule has 1 amide bonds. The second-order valence-electron chi connectivity index (χ2n) is 6.32. The number of carbonyl (C=O) groups is 1. The van der Waals surface area contributed by atoms with Crippen LogP contribution in [0.4, 0.5) is 10.1 Å². The summed E-state index contributed by atoms with van der Waals surface area (Å²) in [5.41, 5.74) is 3.85. The molecule has 4 rings (SSSR count). The van der Waals surface area contributed by atoms with E-state index in [-0.39, 0.29) is 36.5 Å². The fourth-order valence-electron chi connectivity index (χ4n) is 3.47. The lowest BCUT2D eigenvalue weighted by molar-refractivity contribution is 0.0746. The summed E-state index contributed by atoms with van der Waals surface area (Å²) < 4.78 is 13.9. The molecule has 2 aromatic rings. The van der Waals surface area contributed by atoms with Gasteiger partial charge in [-0.15, -0.1) is 24.8 Å². The zero-order valence-electron chi connectivity index (χ0n) is 14.3. The minimum atomic E-state index is -0.205. The largest absolute Gasteiger partial charge is 0.366 e. The summed E-state index contributed by atoms with van der Waals surface area (Å²) in [6.07, 6.45) is 0. The lowest BCUT2D eigenvalue weighted by Crippen LogP contribution is -2.49. The number of nitrogens with zero attached hydrogens (tertiary/aromatic N) is 2. The van der Waals surface area contributed by atoms with Crippen LogP contribution in [-0.4, -0.2) is 37.0 Å². The van der Waals surface area contributed by atoms with Gasteiger partial charge in [0.15, 0.2) is 0 Å². The number of halogens is 3. The van der Waals surface area contributed by atoms with Crippen LogP contribution in [0.5, 0.6) is 0 Å². The average molecular weight is 398 g/mol. The lowest BCUT2D eigenvalue weighted by Gasteiger charge is -2.36. The summed E-state index contributed by atoms with van der Waals surface area (Å²) in [4.78, 5) is 16.6. The average Bonchev–Trinajstić information content (AvgIpc) is 3.09. The van der Waals surface area contributed by atoms with Gasteiger partial charge in [-0.25, -0.2) is 4.39 Å². The highest BCUT2D eigenvalue weighted by Gasteiger charge is 2.24. The van der Waals surface area contributed by atoms with Crippen molar-refractivity contribution in [1.29, 1.82) is 0 Å². The Labute approximate surface area is 165 Å². The molecule has 4 nitrogen and oxygen atoms in total. The third-order valence-electron chi connectivity index (χ3n) is 4.84. The van der Waals surface area contributed by atoms with Gasteiger partial charge in [0.1, 0.15) is 5.82 Å². The first-order valence-corrected chi connectivity index (χ1v) is 8.33. The molecule has 0 aliphatic carbocycles. The molecule has 0 atom stereocenters. The van der Waals surface area contributed by atoms with E-state index >= 15 is 0 Å². The number of nitrogens with one attached hydrogen (secondary N) is 1. The van der Waals surface area contributed by atoms with Gasteiger partial charge >= 0.3 is 0 Å². The van der Waals surface area contributed by atoms with Crippen LogP contribution in [0.2, 0.25) is 0 Å². The lowest BCUT2D eigenvalue weighted by atomic mass is 10.1. The van der Waals surface area contributed by atoms with E-state index in [1.54, 1.807) is 12.1 Å². The van der Waals surface area contributed by atoms with E-state index in [2.05, 4.69) is 5.32 Å². The van der Waals surface area contributed by atoms with Crippen molar-refractivity contribution in [2.24, 2.45) is 0 Å². The van der Waals surface area contributed by atoms with Crippen LogP contribution in [0.3, 0.4) is 0 Å². The fourth-order valence-corrected chi connectivity index (χ4v) is 3.47. The minimum absolute atomic E-state index is 0. The second kappa shape index (κ2) is 8.71. The number of rotatable bonds is 2. The maximum atomic E-state index is 13.9. The molecule has 26 heavy (non-hydrogen) atoms. The van der Waals surface area contributed by atoms with Crippen LogP contribution in [0, 0.1) is 5.82 Å². The topological polar surface area (TPSA) is 35.6 Å². The Morgan fingerprint density at radius 2 is 1.62 bits per heavy atom. The molecular weight excluding hydrogens is 376 g/mol. The zero-order chi connectivity index (χ0) is 16.5. The number of hydrogen-bond donors (Lipinski definition) is 1. The van der Waals surface area contributed by atoms with E-state index in [0.29, 0.717) is 31.9 Å². The number of para-hydroxylation sites is 1. The van der Waals surface area contributed by atoms with E-state index in [9.17, 15) is 9.18 Å². The molecule has 0 bridgehead atoms. The summed E-state index contributed by atoms with van der Waals surface area (Å²) in [7, 11) is 0. The Balaban J connectivity index is 0.00000121. The standard InChI is InChI=1S/C19H20FN3O.2ClH/c20-17-3-1-2-4-18(17)22-7-9-23(10-8-22)19(24)14-5-6-15-12-21-13-16(15)11-14;;/h1-6,11,21H,7-10,12-13H2;2*1H. The van der Waals surface area contributed by atoms with Gasteiger partial charge in [0, 0.05) is 44.8 Å². The summed E-state index contributed by atoms with van der Waals surface area (Å²) >= 11 is 0. The molecule has 0 radical (unpaired) electrons. The van der Waals surface area contributed by atoms with Crippen molar-refractivity contribution in [2.45, 2.75) is 13.1 Å². The van der Waals surface area contributed by atoms with Crippen molar-refractivity contribution in [2.75, 3.05) is 31.1 Å². The molecule has 2 aliphatic rings. The molecule has 2 heterocycles. The van der Waals surface area contributed by atoms with Crippen molar-refractivity contribution >= 4 is 36.4 Å². The second-order valence-corrected chi connectivity index (χ2v) is 6.32. The van der Waals surface area contributed by atoms with Crippen LogP contribution < -0.4 is 10.2 Å². The van der Waals surface area contributed by atoms with Gasteiger partial charge in [-0.2, -0.15) is 0 Å². The molecule has 1 N–H and O–H groups in total. The molecule has 0 aromatic heterocycles. The maximum absolute atomic E-state index is 13.9. The first-order chi connectivity index (χ1) is 11.7. The predicted octanol–water partition coefficient (Wildman–Crippen LogP) is 3.23. The van der Waals surface area contributed by atoms with Crippen molar-refractivity contribution in [3.8, 4) is 0 Å². The maximum Gasteiger partial charge on any atom is 0.253 e. The first-order valence-electron chi connectivity index (χ1n) is 8.33. The monoisotopic (exact) mass is 397 g/mol. The summed E-state index contributed by atoms with van der Waals surface area (Å²) in [5, 5.41) is 3.30. The first kappa shape index (κ1) is 20.5. The van der Waals surface area contributed by atoms with Gasteiger partial charge < -0.3 is 15.1 Å². The summed E-state index contributed by atoms with van der Waals surface area (Å²) in [6.45, 7) is 4.24. The highest BCUT2D eigenvalue weighted by atomic mass is 35.5. The van der Waals surface area contributed by atoms with E-state index in [0.717, 1.165) is 18.7 Å². The Kier molecular flexibility index (Phi) is 6.87. The molecule has 1 fully saturated rings. The normalized spacial score (nSPS) is 15.7. The number of carbonyl (C=O) groups excluding carboxylic acids is 1. The molecular formula is C19H22Cl2FN3O.